The Bertz CT molecular complexity index is 786. The highest BCUT2D eigenvalue weighted by Gasteiger charge is 2.07. The molecule has 0 aliphatic rings. The van der Waals surface area contributed by atoms with Crippen molar-refractivity contribution in [3.05, 3.63) is 61.2 Å². The molecule has 0 unspecified atom stereocenters. The SMILES string of the molecule is C=CCOc1cccc(NC(=O)CNc2ccc(NC(=O)C(C)C)cc2)c1. The minimum atomic E-state index is -0.173. The number of anilines is 3. The van der Waals surface area contributed by atoms with Gasteiger partial charge in [-0.25, -0.2) is 0 Å². The van der Waals surface area contributed by atoms with Gasteiger partial charge in [0.05, 0.1) is 6.54 Å². The Hall–Kier alpha value is -3.28. The smallest absolute Gasteiger partial charge is 0.243 e. The third-order valence-electron chi connectivity index (χ3n) is 3.62. The molecule has 2 amide bonds. The van der Waals surface area contributed by atoms with Crippen molar-refractivity contribution in [2.75, 3.05) is 29.1 Å². The predicted octanol–water partition coefficient (Wildman–Crippen LogP) is 3.90. The zero-order valence-corrected chi connectivity index (χ0v) is 15.6. The first-order valence-corrected chi connectivity index (χ1v) is 8.76. The molecule has 2 aromatic rings. The number of carbonyl (C=O) groups is 2. The molecule has 0 fully saturated rings. The second kappa shape index (κ2) is 10.0. The summed E-state index contributed by atoms with van der Waals surface area (Å²) in [6.45, 7) is 7.81. The molecule has 0 bridgehead atoms. The van der Waals surface area contributed by atoms with Crippen molar-refractivity contribution in [3.63, 3.8) is 0 Å². The van der Waals surface area contributed by atoms with Crippen molar-refractivity contribution >= 4 is 28.9 Å². The lowest BCUT2D eigenvalue weighted by atomic mass is 10.2. The quantitative estimate of drug-likeness (QED) is 0.587. The maximum absolute atomic E-state index is 12.1. The number of nitrogens with one attached hydrogen (secondary N) is 3. The molecule has 3 N–H and O–H groups in total. The van der Waals surface area contributed by atoms with Crippen LogP contribution in [0.15, 0.2) is 61.2 Å². The minimum absolute atomic E-state index is 0.0330. The van der Waals surface area contributed by atoms with Gasteiger partial charge in [-0.3, -0.25) is 9.59 Å². The fourth-order valence-corrected chi connectivity index (χ4v) is 2.16. The van der Waals surface area contributed by atoms with Crippen LogP contribution in [0.1, 0.15) is 13.8 Å². The molecule has 0 spiro atoms. The summed E-state index contributed by atoms with van der Waals surface area (Å²) in [5, 5.41) is 8.68. The Kier molecular flexibility index (Phi) is 7.43. The van der Waals surface area contributed by atoms with Gasteiger partial charge < -0.3 is 20.7 Å². The topological polar surface area (TPSA) is 79.5 Å². The van der Waals surface area contributed by atoms with Gasteiger partial charge in [0.2, 0.25) is 11.8 Å². The standard InChI is InChI=1S/C21H25N3O3/c1-4-12-27-19-7-5-6-18(13-19)23-20(25)14-22-16-8-10-17(11-9-16)24-21(26)15(2)3/h4-11,13,15,22H,1,12,14H2,2-3H3,(H,23,25)(H,24,26). The van der Waals surface area contributed by atoms with E-state index in [0.717, 1.165) is 11.4 Å². The van der Waals surface area contributed by atoms with Crippen LogP contribution in [0.5, 0.6) is 5.75 Å². The van der Waals surface area contributed by atoms with E-state index in [-0.39, 0.29) is 24.3 Å². The van der Waals surface area contributed by atoms with Gasteiger partial charge in [-0.05, 0) is 36.4 Å². The summed E-state index contributed by atoms with van der Waals surface area (Å²) in [5.41, 5.74) is 2.17. The Morgan fingerprint density at radius 1 is 1.04 bits per heavy atom. The van der Waals surface area contributed by atoms with Crippen molar-refractivity contribution in [3.8, 4) is 5.75 Å². The third-order valence-corrected chi connectivity index (χ3v) is 3.62. The van der Waals surface area contributed by atoms with Crippen LogP contribution in [0.3, 0.4) is 0 Å². The van der Waals surface area contributed by atoms with E-state index >= 15 is 0 Å². The van der Waals surface area contributed by atoms with Crippen LogP contribution in [0.25, 0.3) is 0 Å². The lowest BCUT2D eigenvalue weighted by Gasteiger charge is -2.11. The molecular weight excluding hydrogens is 342 g/mol. The van der Waals surface area contributed by atoms with Crippen molar-refractivity contribution in [2.45, 2.75) is 13.8 Å². The number of ether oxygens (including phenoxy) is 1. The number of hydrogen-bond acceptors (Lipinski definition) is 4. The first-order chi connectivity index (χ1) is 13.0. The van der Waals surface area contributed by atoms with E-state index in [1.807, 2.05) is 38.1 Å². The maximum atomic E-state index is 12.1. The average molecular weight is 367 g/mol. The van der Waals surface area contributed by atoms with Crippen molar-refractivity contribution in [2.24, 2.45) is 5.92 Å². The number of benzene rings is 2. The molecule has 2 aromatic carbocycles. The molecule has 0 aliphatic heterocycles. The van der Waals surface area contributed by atoms with Gasteiger partial charge >= 0.3 is 0 Å². The Morgan fingerprint density at radius 3 is 2.41 bits per heavy atom. The van der Waals surface area contributed by atoms with Gasteiger partial charge in [-0.1, -0.05) is 32.6 Å². The number of carbonyl (C=O) groups excluding carboxylic acids is 2. The monoisotopic (exact) mass is 367 g/mol. The summed E-state index contributed by atoms with van der Waals surface area (Å²) < 4.78 is 5.45. The van der Waals surface area contributed by atoms with Crippen LogP contribution in [0, 0.1) is 5.92 Å². The number of hydrogen-bond donors (Lipinski definition) is 3. The second-order valence-electron chi connectivity index (χ2n) is 6.25. The molecule has 6 heteroatoms. The molecule has 0 radical (unpaired) electrons. The predicted molar refractivity (Wildman–Crippen MR) is 109 cm³/mol. The van der Waals surface area contributed by atoms with E-state index in [1.54, 1.807) is 30.3 Å². The van der Waals surface area contributed by atoms with Crippen molar-refractivity contribution in [1.29, 1.82) is 0 Å². The van der Waals surface area contributed by atoms with E-state index in [1.165, 1.54) is 0 Å². The van der Waals surface area contributed by atoms with E-state index in [0.29, 0.717) is 18.0 Å². The van der Waals surface area contributed by atoms with Gasteiger partial charge in [0, 0.05) is 29.0 Å². The summed E-state index contributed by atoms with van der Waals surface area (Å²) in [5.74, 6) is 0.384. The van der Waals surface area contributed by atoms with Crippen LogP contribution in [-0.2, 0) is 9.59 Å². The van der Waals surface area contributed by atoms with Crippen molar-refractivity contribution in [1.82, 2.24) is 0 Å². The first kappa shape index (κ1) is 20.0. The van der Waals surface area contributed by atoms with Gasteiger partial charge in [-0.2, -0.15) is 0 Å². The van der Waals surface area contributed by atoms with E-state index < -0.39 is 0 Å². The van der Waals surface area contributed by atoms with Crippen LogP contribution < -0.4 is 20.7 Å². The van der Waals surface area contributed by atoms with E-state index in [9.17, 15) is 9.59 Å². The number of amides is 2. The van der Waals surface area contributed by atoms with Gasteiger partial charge in [0.1, 0.15) is 12.4 Å². The minimum Gasteiger partial charge on any atom is -0.489 e. The second-order valence-corrected chi connectivity index (χ2v) is 6.25. The zero-order chi connectivity index (χ0) is 19.6. The number of rotatable bonds is 9. The molecule has 27 heavy (non-hydrogen) atoms. The van der Waals surface area contributed by atoms with Crippen LogP contribution in [-0.4, -0.2) is 25.0 Å². The largest absolute Gasteiger partial charge is 0.489 e. The van der Waals surface area contributed by atoms with Gasteiger partial charge in [-0.15, -0.1) is 0 Å². The molecule has 0 aliphatic carbocycles. The van der Waals surface area contributed by atoms with Crippen LogP contribution in [0.2, 0.25) is 0 Å². The van der Waals surface area contributed by atoms with Crippen molar-refractivity contribution < 1.29 is 14.3 Å². The Labute approximate surface area is 159 Å². The molecule has 0 saturated carbocycles. The molecule has 142 valence electrons. The van der Waals surface area contributed by atoms with E-state index in [4.69, 9.17) is 4.74 Å². The van der Waals surface area contributed by atoms with Crippen LogP contribution in [0.4, 0.5) is 17.1 Å². The lowest BCUT2D eigenvalue weighted by molar-refractivity contribution is -0.119. The van der Waals surface area contributed by atoms with Gasteiger partial charge in [0.25, 0.3) is 0 Å². The third kappa shape index (κ3) is 6.86. The normalized spacial score (nSPS) is 10.2. The fraction of sp³-hybridized carbons (Fsp3) is 0.238. The highest BCUT2D eigenvalue weighted by Crippen LogP contribution is 2.18. The highest BCUT2D eigenvalue weighted by atomic mass is 16.5. The summed E-state index contributed by atoms with van der Waals surface area (Å²) in [4.78, 5) is 23.8. The molecular formula is C21H25N3O3. The fourth-order valence-electron chi connectivity index (χ4n) is 2.16. The average Bonchev–Trinajstić information content (AvgIpc) is 2.66. The molecule has 0 atom stereocenters. The summed E-state index contributed by atoms with van der Waals surface area (Å²) in [7, 11) is 0. The lowest BCUT2D eigenvalue weighted by Crippen LogP contribution is -2.21. The summed E-state index contributed by atoms with van der Waals surface area (Å²) in [6.07, 6.45) is 1.66. The first-order valence-electron chi connectivity index (χ1n) is 8.76. The molecule has 6 nitrogen and oxygen atoms in total. The summed E-state index contributed by atoms with van der Waals surface area (Å²) in [6, 6.07) is 14.4. The van der Waals surface area contributed by atoms with Gasteiger partial charge in [0.15, 0.2) is 0 Å². The maximum Gasteiger partial charge on any atom is 0.243 e. The molecule has 0 aromatic heterocycles. The summed E-state index contributed by atoms with van der Waals surface area (Å²) >= 11 is 0. The molecule has 0 saturated heterocycles. The van der Waals surface area contributed by atoms with Crippen LogP contribution >= 0.6 is 0 Å². The van der Waals surface area contributed by atoms with E-state index in [2.05, 4.69) is 22.5 Å². The Morgan fingerprint density at radius 2 is 1.74 bits per heavy atom. The molecule has 2 rings (SSSR count). The zero-order valence-electron chi connectivity index (χ0n) is 15.6. The highest BCUT2D eigenvalue weighted by molar-refractivity contribution is 5.94. The molecule has 0 heterocycles. The Balaban J connectivity index is 1.83.